The van der Waals surface area contributed by atoms with Crippen LogP contribution in [0.3, 0.4) is 0 Å². The van der Waals surface area contributed by atoms with Crippen molar-refractivity contribution in [2.75, 3.05) is 13.2 Å². The number of ether oxygens (including phenoxy) is 3. The van der Waals surface area contributed by atoms with Gasteiger partial charge in [-0.3, -0.25) is 0 Å². The van der Waals surface area contributed by atoms with Crippen molar-refractivity contribution in [1.29, 1.82) is 0 Å². The molecule has 2 saturated heterocycles. The van der Waals surface area contributed by atoms with Crippen molar-refractivity contribution in [3.05, 3.63) is 0 Å². The molecule has 0 aromatic heterocycles. The fourth-order valence-electron chi connectivity index (χ4n) is 2.57. The van der Waals surface area contributed by atoms with Crippen LogP contribution in [0, 0.1) is 0 Å². The van der Waals surface area contributed by atoms with Crippen molar-refractivity contribution < 1.29 is 55.1 Å². The minimum atomic E-state index is -1.74. The lowest BCUT2D eigenvalue weighted by molar-refractivity contribution is -0.355. The van der Waals surface area contributed by atoms with Crippen LogP contribution >= 0.6 is 0 Å². The van der Waals surface area contributed by atoms with E-state index in [9.17, 15) is 35.7 Å². The summed E-state index contributed by atoms with van der Waals surface area (Å²) in [7, 11) is 0. The van der Waals surface area contributed by atoms with Crippen molar-refractivity contribution in [2.24, 2.45) is 0 Å². The van der Waals surface area contributed by atoms with Crippen LogP contribution in [0.2, 0.25) is 0 Å². The van der Waals surface area contributed by atoms with Gasteiger partial charge in [-0.15, -0.1) is 0 Å². The molecule has 0 aromatic rings. The average molecular weight is 342 g/mol. The predicted octanol–water partition coefficient (Wildman–Crippen LogP) is -5.40. The lowest BCUT2D eigenvalue weighted by atomic mass is 9.97. The molecule has 11 nitrogen and oxygen atoms in total. The maximum absolute atomic E-state index is 9.94. The summed E-state index contributed by atoms with van der Waals surface area (Å²) in [6.07, 6.45) is -15.6. The minimum Gasteiger partial charge on any atom is -0.394 e. The molecule has 10 atom stereocenters. The third-order valence-electron chi connectivity index (χ3n) is 3.98. The smallest absolute Gasteiger partial charge is 0.187 e. The van der Waals surface area contributed by atoms with Gasteiger partial charge in [0.2, 0.25) is 0 Å². The van der Waals surface area contributed by atoms with E-state index in [1.807, 2.05) is 0 Å². The van der Waals surface area contributed by atoms with E-state index in [2.05, 4.69) is 0 Å². The second-order valence-electron chi connectivity index (χ2n) is 5.53. The normalized spacial score (nSPS) is 51.7. The van der Waals surface area contributed by atoms with Crippen molar-refractivity contribution in [2.45, 2.75) is 61.4 Å². The van der Waals surface area contributed by atoms with Gasteiger partial charge in [-0.2, -0.15) is 0 Å². The number of rotatable bonds is 4. The number of aliphatic hydroxyl groups excluding tert-OH is 8. The monoisotopic (exact) mass is 342 g/mol. The van der Waals surface area contributed by atoms with Gasteiger partial charge in [0.05, 0.1) is 13.2 Å². The molecule has 23 heavy (non-hydrogen) atoms. The second-order valence-corrected chi connectivity index (χ2v) is 5.53. The number of aliphatic hydroxyl groups is 8. The van der Waals surface area contributed by atoms with Gasteiger partial charge in [0.1, 0.15) is 48.8 Å². The van der Waals surface area contributed by atoms with Gasteiger partial charge in [0.25, 0.3) is 0 Å². The summed E-state index contributed by atoms with van der Waals surface area (Å²) in [5.74, 6) is 0. The first kappa shape index (κ1) is 18.9. The summed E-state index contributed by atoms with van der Waals surface area (Å²) < 4.78 is 15.3. The van der Waals surface area contributed by atoms with E-state index < -0.39 is 74.6 Å². The summed E-state index contributed by atoms with van der Waals surface area (Å²) in [6, 6.07) is 0. The molecule has 2 fully saturated rings. The molecule has 2 aliphatic heterocycles. The zero-order chi connectivity index (χ0) is 17.3. The van der Waals surface area contributed by atoms with Crippen molar-refractivity contribution in [3.63, 3.8) is 0 Å². The van der Waals surface area contributed by atoms with Gasteiger partial charge in [-0.1, -0.05) is 0 Å². The van der Waals surface area contributed by atoms with E-state index >= 15 is 0 Å². The molecule has 0 spiro atoms. The van der Waals surface area contributed by atoms with Crippen LogP contribution in [0.4, 0.5) is 0 Å². The van der Waals surface area contributed by atoms with E-state index in [4.69, 9.17) is 19.3 Å². The number of hydrogen-bond acceptors (Lipinski definition) is 11. The topological polar surface area (TPSA) is 190 Å². The molecule has 0 saturated carbocycles. The standard InChI is InChI=1S/C12H22O11/c13-1-3-5(15)6(16)9(19)12(22-3)23-10-4(2-14)21-11(20)8(18)7(10)17/h3-20H,1-2H2/t3-,4-,5-,6-,7-,8-,9-,10-,11-,12-/m1/s1. The van der Waals surface area contributed by atoms with Crippen LogP contribution in [0.1, 0.15) is 0 Å². The van der Waals surface area contributed by atoms with Gasteiger partial charge in [-0.25, -0.2) is 0 Å². The zero-order valence-corrected chi connectivity index (χ0v) is 12.0. The van der Waals surface area contributed by atoms with Crippen LogP contribution in [0.5, 0.6) is 0 Å². The average Bonchev–Trinajstić information content (AvgIpc) is 2.55. The molecule has 2 rings (SSSR count). The van der Waals surface area contributed by atoms with E-state index in [-0.39, 0.29) is 0 Å². The van der Waals surface area contributed by atoms with E-state index in [1.165, 1.54) is 0 Å². The molecule has 0 aromatic carbocycles. The quantitative estimate of drug-likeness (QED) is 0.243. The van der Waals surface area contributed by atoms with Crippen LogP contribution in [-0.2, 0) is 14.2 Å². The molecule has 0 unspecified atom stereocenters. The third-order valence-corrected chi connectivity index (χ3v) is 3.98. The molecular formula is C12H22O11. The van der Waals surface area contributed by atoms with Gasteiger partial charge in [0, 0.05) is 0 Å². The molecule has 8 N–H and O–H groups in total. The molecule has 2 aliphatic rings. The molecule has 0 amide bonds. The Bertz CT molecular complexity index is 378. The lowest BCUT2D eigenvalue weighted by Gasteiger charge is -2.45. The maximum atomic E-state index is 9.94. The van der Waals surface area contributed by atoms with Crippen molar-refractivity contribution in [1.82, 2.24) is 0 Å². The third kappa shape index (κ3) is 3.65. The lowest BCUT2D eigenvalue weighted by Crippen LogP contribution is -2.64. The summed E-state index contributed by atoms with van der Waals surface area (Å²) >= 11 is 0. The molecule has 2 heterocycles. The Kier molecular flexibility index (Phi) is 6.27. The van der Waals surface area contributed by atoms with Crippen molar-refractivity contribution >= 4 is 0 Å². The number of hydrogen-bond donors (Lipinski definition) is 8. The SMILES string of the molecule is OC[C@H]1O[C@H](O[C@H]2[C@H](O)[C@@H](O)[C@H](O)O[C@@H]2CO)[C@H](O)[C@H](O)[C@@H]1O. The Morgan fingerprint density at radius 2 is 1.26 bits per heavy atom. The van der Waals surface area contributed by atoms with Gasteiger partial charge < -0.3 is 55.1 Å². The summed E-state index contributed by atoms with van der Waals surface area (Å²) in [4.78, 5) is 0. The van der Waals surface area contributed by atoms with Crippen LogP contribution in [0.15, 0.2) is 0 Å². The van der Waals surface area contributed by atoms with E-state index in [0.29, 0.717) is 0 Å². The van der Waals surface area contributed by atoms with Crippen LogP contribution < -0.4 is 0 Å². The van der Waals surface area contributed by atoms with Gasteiger partial charge >= 0.3 is 0 Å². The minimum absolute atomic E-state index is 0.667. The van der Waals surface area contributed by atoms with Gasteiger partial charge in [-0.05, 0) is 0 Å². The fraction of sp³-hybridized carbons (Fsp3) is 1.00. The highest BCUT2D eigenvalue weighted by Gasteiger charge is 2.50. The molecule has 0 aliphatic carbocycles. The molecule has 0 bridgehead atoms. The maximum Gasteiger partial charge on any atom is 0.187 e. The molecular weight excluding hydrogens is 320 g/mol. The summed E-state index contributed by atoms with van der Waals surface area (Å²) in [5.41, 5.74) is 0. The predicted molar refractivity (Wildman–Crippen MR) is 68.6 cm³/mol. The molecule has 0 radical (unpaired) electrons. The zero-order valence-electron chi connectivity index (χ0n) is 12.0. The first-order valence-electron chi connectivity index (χ1n) is 7.08. The highest BCUT2D eigenvalue weighted by molar-refractivity contribution is 4.93. The Morgan fingerprint density at radius 3 is 1.83 bits per heavy atom. The van der Waals surface area contributed by atoms with Crippen LogP contribution in [-0.4, -0.2) is 115 Å². The summed E-state index contributed by atoms with van der Waals surface area (Å²) in [5, 5.41) is 76.5. The molecule has 11 heteroatoms. The second kappa shape index (κ2) is 7.63. The highest BCUT2D eigenvalue weighted by atomic mass is 16.7. The van der Waals surface area contributed by atoms with Crippen molar-refractivity contribution in [3.8, 4) is 0 Å². The Morgan fingerprint density at radius 1 is 0.652 bits per heavy atom. The Balaban J connectivity index is 2.11. The summed E-state index contributed by atoms with van der Waals surface area (Å²) in [6.45, 7) is -1.35. The van der Waals surface area contributed by atoms with Gasteiger partial charge in [0.15, 0.2) is 12.6 Å². The fourth-order valence-corrected chi connectivity index (χ4v) is 2.57. The first-order chi connectivity index (χ1) is 10.8. The largest absolute Gasteiger partial charge is 0.394 e. The highest BCUT2D eigenvalue weighted by Crippen LogP contribution is 2.28. The van der Waals surface area contributed by atoms with Crippen LogP contribution in [0.25, 0.3) is 0 Å². The van der Waals surface area contributed by atoms with E-state index in [0.717, 1.165) is 0 Å². The first-order valence-corrected chi connectivity index (χ1v) is 7.08. The van der Waals surface area contributed by atoms with E-state index in [1.54, 1.807) is 0 Å². The molecule has 136 valence electrons. The Labute approximate surface area is 130 Å². The Hall–Kier alpha value is -0.440.